The van der Waals surface area contributed by atoms with E-state index < -0.39 is 5.60 Å². The molecule has 0 aromatic rings. The predicted molar refractivity (Wildman–Crippen MR) is 43.5 cm³/mol. The van der Waals surface area contributed by atoms with Crippen LogP contribution >= 0.6 is 0 Å². The first-order chi connectivity index (χ1) is 5.69. The lowest BCUT2D eigenvalue weighted by atomic mass is 9.61. The van der Waals surface area contributed by atoms with Crippen molar-refractivity contribution in [2.75, 3.05) is 0 Å². The first kappa shape index (κ1) is 7.07. The lowest BCUT2D eigenvalue weighted by Gasteiger charge is -2.45. The molecule has 0 heterocycles. The van der Waals surface area contributed by atoms with Gasteiger partial charge in [0.25, 0.3) is 0 Å². The van der Waals surface area contributed by atoms with Crippen LogP contribution in [0.4, 0.5) is 0 Å². The molecule has 0 radical (unpaired) electrons. The molecule has 4 aliphatic rings. The van der Waals surface area contributed by atoms with Gasteiger partial charge < -0.3 is 5.11 Å². The van der Waals surface area contributed by atoms with Gasteiger partial charge in [0.1, 0.15) is 5.78 Å². The minimum Gasteiger partial charge on any atom is -0.389 e. The standard InChI is InChI=1S/C10H14O2/c11-8-4-6-3-7-1-2-10(12,5-6)9(7)8/h6-7,9,12H,1-5H2. The summed E-state index contributed by atoms with van der Waals surface area (Å²) in [5.41, 5.74) is -0.567. The van der Waals surface area contributed by atoms with Gasteiger partial charge in [0.2, 0.25) is 0 Å². The Hall–Kier alpha value is -0.370. The number of fused-ring (bicyclic) bond motifs is 1. The maximum Gasteiger partial charge on any atom is 0.139 e. The molecule has 4 bridgehead atoms. The second-order valence-electron chi connectivity index (χ2n) is 4.86. The monoisotopic (exact) mass is 166 g/mol. The van der Waals surface area contributed by atoms with E-state index in [-0.39, 0.29) is 5.92 Å². The van der Waals surface area contributed by atoms with Gasteiger partial charge in [0, 0.05) is 12.3 Å². The highest BCUT2D eigenvalue weighted by atomic mass is 16.3. The number of carbonyl (C=O) groups excluding carboxylic acids is 1. The first-order valence-electron chi connectivity index (χ1n) is 4.94. The minimum atomic E-state index is -0.567. The maximum atomic E-state index is 11.6. The quantitative estimate of drug-likeness (QED) is 0.585. The van der Waals surface area contributed by atoms with Crippen molar-refractivity contribution in [2.24, 2.45) is 17.8 Å². The van der Waals surface area contributed by atoms with Crippen molar-refractivity contribution in [3.05, 3.63) is 0 Å². The number of aliphatic hydroxyl groups is 1. The Kier molecular flexibility index (Phi) is 1.13. The zero-order valence-corrected chi connectivity index (χ0v) is 7.12. The molecule has 0 aliphatic heterocycles. The maximum absolute atomic E-state index is 11.6. The van der Waals surface area contributed by atoms with E-state index in [4.69, 9.17) is 0 Å². The largest absolute Gasteiger partial charge is 0.389 e. The van der Waals surface area contributed by atoms with Crippen LogP contribution in [0, 0.1) is 17.8 Å². The highest BCUT2D eigenvalue weighted by Crippen LogP contribution is 2.56. The van der Waals surface area contributed by atoms with Gasteiger partial charge in [0.05, 0.1) is 5.60 Å². The summed E-state index contributed by atoms with van der Waals surface area (Å²) < 4.78 is 0. The summed E-state index contributed by atoms with van der Waals surface area (Å²) in [4.78, 5) is 11.6. The number of Topliss-reactive ketones (excluding diaryl/α,β-unsaturated/α-hetero) is 1. The van der Waals surface area contributed by atoms with Crippen molar-refractivity contribution < 1.29 is 9.90 Å². The van der Waals surface area contributed by atoms with Crippen molar-refractivity contribution in [1.29, 1.82) is 0 Å². The molecule has 4 unspecified atom stereocenters. The van der Waals surface area contributed by atoms with Gasteiger partial charge in [-0.15, -0.1) is 0 Å². The summed E-state index contributed by atoms with van der Waals surface area (Å²) >= 11 is 0. The molecule has 12 heavy (non-hydrogen) atoms. The zero-order chi connectivity index (χ0) is 8.34. The van der Waals surface area contributed by atoms with Gasteiger partial charge in [-0.05, 0) is 37.5 Å². The number of carbonyl (C=O) groups is 1. The van der Waals surface area contributed by atoms with E-state index >= 15 is 0 Å². The summed E-state index contributed by atoms with van der Waals surface area (Å²) in [6.45, 7) is 0. The Morgan fingerprint density at radius 2 is 2.33 bits per heavy atom. The Labute approximate surface area is 72.0 Å². The Morgan fingerprint density at radius 1 is 1.50 bits per heavy atom. The number of hydrogen-bond acceptors (Lipinski definition) is 2. The van der Waals surface area contributed by atoms with E-state index in [0.717, 1.165) is 25.7 Å². The number of hydrogen-bond donors (Lipinski definition) is 1. The van der Waals surface area contributed by atoms with Crippen LogP contribution in [-0.2, 0) is 4.79 Å². The van der Waals surface area contributed by atoms with Crippen molar-refractivity contribution in [3.63, 3.8) is 0 Å². The molecule has 4 fully saturated rings. The third kappa shape index (κ3) is 0.674. The van der Waals surface area contributed by atoms with Crippen molar-refractivity contribution in [2.45, 2.75) is 37.7 Å². The van der Waals surface area contributed by atoms with Gasteiger partial charge in [0.15, 0.2) is 0 Å². The summed E-state index contributed by atoms with van der Waals surface area (Å²) in [5.74, 6) is 1.43. The summed E-state index contributed by atoms with van der Waals surface area (Å²) in [5, 5.41) is 10.2. The Bertz CT molecular complexity index is 248. The summed E-state index contributed by atoms with van der Waals surface area (Å²) in [7, 11) is 0. The van der Waals surface area contributed by atoms with Crippen LogP contribution < -0.4 is 0 Å². The van der Waals surface area contributed by atoms with Crippen LogP contribution in [0.25, 0.3) is 0 Å². The second-order valence-corrected chi connectivity index (χ2v) is 4.86. The number of ketones is 1. The highest BCUT2D eigenvalue weighted by Gasteiger charge is 2.58. The van der Waals surface area contributed by atoms with Gasteiger partial charge in [-0.1, -0.05) is 0 Å². The lowest BCUT2D eigenvalue weighted by molar-refractivity contribution is -0.149. The molecule has 0 aromatic heterocycles. The van der Waals surface area contributed by atoms with Crippen molar-refractivity contribution >= 4 is 5.78 Å². The molecule has 0 amide bonds. The fourth-order valence-corrected chi connectivity index (χ4v) is 3.82. The minimum absolute atomic E-state index is 0.0301. The molecule has 4 rings (SSSR count). The molecule has 4 aliphatic carbocycles. The van der Waals surface area contributed by atoms with Gasteiger partial charge in [-0.2, -0.15) is 0 Å². The topological polar surface area (TPSA) is 37.3 Å². The third-order valence-electron chi connectivity index (χ3n) is 4.11. The van der Waals surface area contributed by atoms with Crippen LogP contribution in [0.1, 0.15) is 32.1 Å². The van der Waals surface area contributed by atoms with Crippen molar-refractivity contribution in [1.82, 2.24) is 0 Å². The van der Waals surface area contributed by atoms with Crippen LogP contribution in [0.5, 0.6) is 0 Å². The van der Waals surface area contributed by atoms with Crippen LogP contribution in [0.15, 0.2) is 0 Å². The Morgan fingerprint density at radius 3 is 2.92 bits per heavy atom. The van der Waals surface area contributed by atoms with Gasteiger partial charge in [-0.3, -0.25) is 4.79 Å². The molecular weight excluding hydrogens is 152 g/mol. The fraction of sp³-hybridized carbons (Fsp3) is 0.900. The van der Waals surface area contributed by atoms with Gasteiger partial charge >= 0.3 is 0 Å². The highest BCUT2D eigenvalue weighted by molar-refractivity contribution is 5.85. The average molecular weight is 166 g/mol. The summed E-state index contributed by atoms with van der Waals surface area (Å²) in [6.07, 6.45) is 4.83. The molecule has 2 heteroatoms. The van der Waals surface area contributed by atoms with Crippen LogP contribution in [0.3, 0.4) is 0 Å². The molecule has 1 N–H and O–H groups in total. The van der Waals surface area contributed by atoms with E-state index in [9.17, 15) is 9.90 Å². The van der Waals surface area contributed by atoms with Crippen LogP contribution in [-0.4, -0.2) is 16.5 Å². The number of rotatable bonds is 0. The average Bonchev–Trinajstić information content (AvgIpc) is 2.22. The molecular formula is C10H14O2. The van der Waals surface area contributed by atoms with Crippen molar-refractivity contribution in [3.8, 4) is 0 Å². The molecule has 0 saturated heterocycles. The molecule has 2 nitrogen and oxygen atoms in total. The van der Waals surface area contributed by atoms with Crippen LogP contribution in [0.2, 0.25) is 0 Å². The smallest absolute Gasteiger partial charge is 0.139 e. The van der Waals surface area contributed by atoms with Gasteiger partial charge in [-0.25, -0.2) is 0 Å². The molecule has 4 saturated carbocycles. The molecule has 66 valence electrons. The van der Waals surface area contributed by atoms with E-state index in [1.54, 1.807) is 0 Å². The normalized spacial score (nSPS) is 56.4. The predicted octanol–water partition coefficient (Wildman–Crippen LogP) is 1.13. The fourth-order valence-electron chi connectivity index (χ4n) is 3.82. The Balaban J connectivity index is 2.06. The summed E-state index contributed by atoms with van der Waals surface area (Å²) in [6, 6.07) is 0. The first-order valence-corrected chi connectivity index (χ1v) is 4.94. The second kappa shape index (κ2) is 1.92. The third-order valence-corrected chi connectivity index (χ3v) is 4.11. The zero-order valence-electron chi connectivity index (χ0n) is 7.12. The lowest BCUT2D eigenvalue weighted by Crippen LogP contribution is -2.51. The van der Waals surface area contributed by atoms with E-state index in [1.807, 2.05) is 0 Å². The molecule has 4 atom stereocenters. The van der Waals surface area contributed by atoms with E-state index in [2.05, 4.69) is 0 Å². The van der Waals surface area contributed by atoms with E-state index in [1.165, 1.54) is 6.42 Å². The molecule has 0 spiro atoms. The molecule has 0 aromatic carbocycles. The SMILES string of the molecule is O=C1CC2CC3CCC(O)(C2)C13. The van der Waals surface area contributed by atoms with E-state index in [0.29, 0.717) is 17.6 Å².